The molecular weight excluding hydrogens is 250 g/mol. The van der Waals surface area contributed by atoms with Crippen LogP contribution in [0.3, 0.4) is 0 Å². The molecule has 106 valence electrons. The molecule has 1 aromatic heterocycles. The Morgan fingerprint density at radius 3 is 2.50 bits per heavy atom. The quantitative estimate of drug-likeness (QED) is 0.519. The van der Waals surface area contributed by atoms with Gasteiger partial charge in [-0.3, -0.25) is 5.84 Å². The fourth-order valence-electron chi connectivity index (χ4n) is 2.08. The highest BCUT2D eigenvalue weighted by Gasteiger charge is 2.13. The summed E-state index contributed by atoms with van der Waals surface area (Å²) >= 11 is 0. The highest BCUT2D eigenvalue weighted by Crippen LogP contribution is 2.13. The average Bonchev–Trinajstić information content (AvgIpc) is 2.79. The largest absolute Gasteiger partial charge is 0.378 e. The maximum Gasteiger partial charge on any atom is 0.304 e. The Hall–Kier alpha value is -2.30. The van der Waals surface area contributed by atoms with Gasteiger partial charge in [-0.05, 0) is 24.6 Å². The van der Waals surface area contributed by atoms with E-state index in [1.54, 1.807) is 4.68 Å². The van der Waals surface area contributed by atoms with Gasteiger partial charge in [0.2, 0.25) is 0 Å². The van der Waals surface area contributed by atoms with Gasteiger partial charge in [-0.15, -0.1) is 9.35 Å². The topological polar surface area (TPSA) is 50.4 Å². The smallest absolute Gasteiger partial charge is 0.304 e. The van der Waals surface area contributed by atoms with Crippen molar-refractivity contribution in [2.45, 2.75) is 20.3 Å². The van der Waals surface area contributed by atoms with Crippen LogP contribution in [-0.4, -0.2) is 24.5 Å². The van der Waals surface area contributed by atoms with E-state index in [-0.39, 0.29) is 0 Å². The second-order valence-corrected chi connectivity index (χ2v) is 4.95. The van der Waals surface area contributed by atoms with E-state index in [1.165, 1.54) is 5.69 Å². The van der Waals surface area contributed by atoms with E-state index in [2.05, 4.69) is 41.2 Å². The number of aromatic nitrogens is 2. The second kappa shape index (κ2) is 5.77. The Kier molecular flexibility index (Phi) is 4.08. The van der Waals surface area contributed by atoms with Crippen molar-refractivity contribution < 1.29 is 4.68 Å². The zero-order valence-electron chi connectivity index (χ0n) is 12.5. The number of nitrogen functional groups attached to an aromatic ring is 1. The van der Waals surface area contributed by atoms with Crippen molar-refractivity contribution in [3.8, 4) is 0 Å². The van der Waals surface area contributed by atoms with Gasteiger partial charge in [-0.25, -0.2) is 0 Å². The molecule has 0 atom stereocenters. The number of rotatable bonds is 4. The summed E-state index contributed by atoms with van der Waals surface area (Å²) in [6.45, 7) is 4.07. The van der Waals surface area contributed by atoms with Crippen molar-refractivity contribution in [2.75, 3.05) is 24.8 Å². The third-order valence-corrected chi connectivity index (χ3v) is 3.31. The molecule has 0 amide bonds. The first-order valence-corrected chi connectivity index (χ1v) is 6.73. The zero-order valence-corrected chi connectivity index (χ0v) is 12.5. The maximum absolute atomic E-state index is 5.84. The molecule has 1 aromatic carbocycles. The number of benzene rings is 1. The predicted molar refractivity (Wildman–Crippen MR) is 82.5 cm³/mol. The Bertz CT molecular complexity index is 608. The molecule has 0 aliphatic rings. The van der Waals surface area contributed by atoms with Crippen LogP contribution in [0.4, 0.5) is 5.69 Å². The molecule has 0 radical (unpaired) electrons. The summed E-state index contributed by atoms with van der Waals surface area (Å²) < 4.78 is 3.43. The average molecular weight is 272 g/mol. The van der Waals surface area contributed by atoms with Crippen molar-refractivity contribution in [3.05, 3.63) is 48.0 Å². The molecule has 0 aliphatic heterocycles. The molecule has 2 N–H and O–H groups in total. The first-order chi connectivity index (χ1) is 9.52. The van der Waals surface area contributed by atoms with E-state index in [0.29, 0.717) is 0 Å². The normalized spacial score (nSPS) is 11.7. The van der Waals surface area contributed by atoms with Gasteiger partial charge in [0.15, 0.2) is 12.4 Å². The zero-order chi connectivity index (χ0) is 14.7. The minimum absolute atomic E-state index is 0.833. The van der Waals surface area contributed by atoms with E-state index in [0.717, 1.165) is 23.5 Å². The second-order valence-electron chi connectivity index (χ2n) is 4.95. The molecule has 20 heavy (non-hydrogen) atoms. The molecule has 1 heterocycles. The number of nitrogens with zero attached hydrogens (tertiary/aromatic N) is 4. The molecule has 5 nitrogen and oxygen atoms in total. The van der Waals surface area contributed by atoms with Crippen LogP contribution >= 0.6 is 0 Å². The molecule has 0 fully saturated rings. The van der Waals surface area contributed by atoms with Crippen LogP contribution < -0.4 is 15.4 Å². The fraction of sp³-hybridized carbons (Fsp3) is 0.333. The van der Waals surface area contributed by atoms with Gasteiger partial charge in [-0.2, -0.15) is 0 Å². The number of hydrogen-bond acceptors (Lipinski definition) is 3. The minimum atomic E-state index is 0.833. The van der Waals surface area contributed by atoms with E-state index in [4.69, 9.17) is 5.84 Å². The molecule has 2 aromatic rings. The van der Waals surface area contributed by atoms with E-state index in [1.807, 2.05) is 38.1 Å². The first-order valence-electron chi connectivity index (χ1n) is 6.73. The molecule has 0 spiro atoms. The first kappa shape index (κ1) is 14.1. The molecule has 0 saturated carbocycles. The monoisotopic (exact) mass is 272 g/mol. The van der Waals surface area contributed by atoms with Gasteiger partial charge in [0, 0.05) is 19.8 Å². The van der Waals surface area contributed by atoms with Crippen molar-refractivity contribution >= 4 is 11.4 Å². The van der Waals surface area contributed by atoms with E-state index < -0.39 is 0 Å². The van der Waals surface area contributed by atoms with Gasteiger partial charge in [0.05, 0.1) is 12.1 Å². The van der Waals surface area contributed by atoms with Crippen LogP contribution in [0, 0.1) is 0 Å². The van der Waals surface area contributed by atoms with Crippen LogP contribution in [0.2, 0.25) is 0 Å². The summed E-state index contributed by atoms with van der Waals surface area (Å²) in [6.07, 6.45) is 4.52. The maximum atomic E-state index is 5.84. The Morgan fingerprint density at radius 1 is 1.30 bits per heavy atom. The van der Waals surface area contributed by atoms with Crippen molar-refractivity contribution in [1.82, 2.24) is 4.68 Å². The lowest BCUT2D eigenvalue weighted by atomic mass is 10.1. The predicted octanol–water partition coefficient (Wildman–Crippen LogP) is 1.39. The lowest BCUT2D eigenvalue weighted by Gasteiger charge is -2.12. The Morgan fingerprint density at radius 2 is 1.95 bits per heavy atom. The van der Waals surface area contributed by atoms with Gasteiger partial charge in [0.25, 0.3) is 0 Å². The van der Waals surface area contributed by atoms with Crippen LogP contribution in [0.5, 0.6) is 0 Å². The van der Waals surface area contributed by atoms with Crippen LogP contribution in [0.15, 0.2) is 41.8 Å². The van der Waals surface area contributed by atoms with Gasteiger partial charge < -0.3 is 4.90 Å². The van der Waals surface area contributed by atoms with Gasteiger partial charge in [-0.1, -0.05) is 24.2 Å². The number of imidazole rings is 1. The Balaban J connectivity index is 2.30. The van der Waals surface area contributed by atoms with Crippen molar-refractivity contribution in [1.29, 1.82) is 0 Å². The molecule has 0 aliphatic carbocycles. The molecule has 0 unspecified atom stereocenters. The number of nitrogens with two attached hydrogens (primary N) is 1. The molecule has 5 heteroatoms. The lowest BCUT2D eigenvalue weighted by Crippen LogP contribution is -2.46. The van der Waals surface area contributed by atoms with Gasteiger partial charge in [0.1, 0.15) is 0 Å². The molecule has 0 saturated heterocycles. The van der Waals surface area contributed by atoms with Gasteiger partial charge >= 0.3 is 5.82 Å². The standard InChI is InChI=1S/C15H22N5/c1-5-15-19(16)10-11-20(15)17-12(2)13-6-8-14(9-7-13)18(3)4/h6-11H,5,16H2,1-4H3/q+1. The summed E-state index contributed by atoms with van der Waals surface area (Å²) in [5.41, 5.74) is 3.24. The molecular formula is C15H22N5+. The summed E-state index contributed by atoms with van der Waals surface area (Å²) in [5, 5.41) is 4.61. The van der Waals surface area contributed by atoms with Crippen molar-refractivity contribution in [2.24, 2.45) is 5.10 Å². The minimum Gasteiger partial charge on any atom is -0.378 e. The summed E-state index contributed by atoms with van der Waals surface area (Å²) in [6, 6.07) is 8.35. The highest BCUT2D eigenvalue weighted by molar-refractivity contribution is 5.98. The summed E-state index contributed by atoms with van der Waals surface area (Å²) in [5.74, 6) is 6.81. The van der Waals surface area contributed by atoms with Crippen LogP contribution in [0.25, 0.3) is 0 Å². The summed E-state index contributed by atoms with van der Waals surface area (Å²) in [4.78, 5) is 2.08. The number of hydrogen-bond donors (Lipinski definition) is 1. The van der Waals surface area contributed by atoms with Crippen LogP contribution in [-0.2, 0) is 6.42 Å². The summed E-state index contributed by atoms with van der Waals surface area (Å²) in [7, 11) is 4.06. The molecule has 2 rings (SSSR count). The SMILES string of the molecule is CCc1n(N=C(C)c2ccc(N(C)C)cc2)cc[n+]1N. The third-order valence-electron chi connectivity index (χ3n) is 3.31. The highest BCUT2D eigenvalue weighted by atomic mass is 15.4. The Labute approximate surface area is 119 Å². The van der Waals surface area contributed by atoms with E-state index in [9.17, 15) is 0 Å². The van der Waals surface area contributed by atoms with Crippen molar-refractivity contribution in [3.63, 3.8) is 0 Å². The lowest BCUT2D eigenvalue weighted by molar-refractivity contribution is -0.646. The number of anilines is 1. The third kappa shape index (κ3) is 2.82. The molecule has 0 bridgehead atoms. The van der Waals surface area contributed by atoms with Crippen LogP contribution in [0.1, 0.15) is 25.2 Å². The van der Waals surface area contributed by atoms with E-state index >= 15 is 0 Å². The fourth-order valence-corrected chi connectivity index (χ4v) is 2.08.